The van der Waals surface area contributed by atoms with Crippen LogP contribution in [-0.4, -0.2) is 35.0 Å². The van der Waals surface area contributed by atoms with Crippen LogP contribution in [0.1, 0.15) is 28.8 Å². The zero-order valence-electron chi connectivity index (χ0n) is 10.4. The van der Waals surface area contributed by atoms with Crippen LogP contribution in [0.2, 0.25) is 0 Å². The van der Waals surface area contributed by atoms with E-state index in [0.29, 0.717) is 23.6 Å². The molecule has 1 aromatic carbocycles. The third kappa shape index (κ3) is 3.55. The molecule has 19 heavy (non-hydrogen) atoms. The van der Waals surface area contributed by atoms with Crippen LogP contribution in [0.3, 0.4) is 0 Å². The molecule has 5 nitrogen and oxygen atoms in total. The molecule has 0 aliphatic heterocycles. The largest absolute Gasteiger partial charge is 0.480 e. The van der Waals surface area contributed by atoms with E-state index in [9.17, 15) is 9.59 Å². The van der Waals surface area contributed by atoms with E-state index in [0.717, 1.165) is 12.8 Å². The van der Waals surface area contributed by atoms with Crippen molar-refractivity contribution in [1.29, 1.82) is 5.26 Å². The maximum Gasteiger partial charge on any atom is 0.323 e. The van der Waals surface area contributed by atoms with Gasteiger partial charge in [0.05, 0.1) is 11.6 Å². The molecular weight excluding hydrogens is 244 g/mol. The third-order valence-electron chi connectivity index (χ3n) is 3.03. The fourth-order valence-electron chi connectivity index (χ4n) is 1.90. The molecule has 98 valence electrons. The Morgan fingerprint density at radius 2 is 2.16 bits per heavy atom. The zero-order valence-corrected chi connectivity index (χ0v) is 10.4. The van der Waals surface area contributed by atoms with E-state index in [1.54, 1.807) is 18.2 Å². The second-order valence-corrected chi connectivity index (χ2v) is 4.72. The van der Waals surface area contributed by atoms with Gasteiger partial charge in [0.1, 0.15) is 6.54 Å². The Morgan fingerprint density at radius 1 is 1.42 bits per heavy atom. The minimum atomic E-state index is -1.02. The van der Waals surface area contributed by atoms with Crippen LogP contribution in [0.5, 0.6) is 0 Å². The Morgan fingerprint density at radius 3 is 2.74 bits per heavy atom. The number of carboxylic acid groups (broad SMARTS) is 1. The summed E-state index contributed by atoms with van der Waals surface area (Å²) in [4.78, 5) is 24.4. The summed E-state index contributed by atoms with van der Waals surface area (Å²) in [5.74, 6) is -0.931. The van der Waals surface area contributed by atoms with Crippen LogP contribution < -0.4 is 0 Å². The van der Waals surface area contributed by atoms with E-state index in [1.807, 2.05) is 6.07 Å². The Labute approximate surface area is 111 Å². The molecule has 1 aliphatic carbocycles. The molecule has 1 N–H and O–H groups in total. The van der Waals surface area contributed by atoms with E-state index in [1.165, 1.54) is 11.0 Å². The smallest absolute Gasteiger partial charge is 0.323 e. The number of amides is 1. The van der Waals surface area contributed by atoms with Crippen LogP contribution in [0, 0.1) is 17.2 Å². The number of carboxylic acids is 1. The molecule has 0 heterocycles. The maximum atomic E-state index is 12.3. The molecule has 1 fully saturated rings. The van der Waals surface area contributed by atoms with Gasteiger partial charge < -0.3 is 10.0 Å². The first-order chi connectivity index (χ1) is 9.10. The lowest BCUT2D eigenvalue weighted by Gasteiger charge is -2.20. The molecule has 2 rings (SSSR count). The van der Waals surface area contributed by atoms with Crippen molar-refractivity contribution in [3.63, 3.8) is 0 Å². The van der Waals surface area contributed by atoms with E-state index < -0.39 is 5.97 Å². The number of nitrogens with zero attached hydrogens (tertiary/aromatic N) is 2. The molecule has 0 unspecified atom stereocenters. The van der Waals surface area contributed by atoms with Gasteiger partial charge in [0.2, 0.25) is 0 Å². The Hall–Kier alpha value is -2.35. The lowest BCUT2D eigenvalue weighted by Crippen LogP contribution is -2.37. The topological polar surface area (TPSA) is 81.4 Å². The summed E-state index contributed by atoms with van der Waals surface area (Å²) in [6.45, 7) is 0.175. The summed E-state index contributed by atoms with van der Waals surface area (Å²) in [5.41, 5.74) is 0.758. The van der Waals surface area contributed by atoms with Crippen molar-refractivity contribution >= 4 is 11.9 Å². The van der Waals surface area contributed by atoms with Crippen molar-refractivity contribution in [3.05, 3.63) is 35.4 Å². The number of carbonyl (C=O) groups excluding carboxylic acids is 1. The van der Waals surface area contributed by atoms with Gasteiger partial charge in [-0.05, 0) is 37.0 Å². The van der Waals surface area contributed by atoms with Crippen molar-refractivity contribution in [2.24, 2.45) is 5.92 Å². The quantitative estimate of drug-likeness (QED) is 0.867. The fraction of sp³-hybridized carbons (Fsp3) is 0.357. The SMILES string of the molecule is N#Cc1cccc(C(=O)N(CC(=O)O)CC2CC2)c1. The van der Waals surface area contributed by atoms with Gasteiger partial charge in [-0.1, -0.05) is 6.07 Å². The van der Waals surface area contributed by atoms with Gasteiger partial charge in [-0.25, -0.2) is 0 Å². The second kappa shape index (κ2) is 5.53. The molecule has 0 radical (unpaired) electrons. The molecule has 5 heteroatoms. The molecule has 1 aliphatic rings. The van der Waals surface area contributed by atoms with E-state index in [4.69, 9.17) is 10.4 Å². The van der Waals surface area contributed by atoms with Crippen LogP contribution in [-0.2, 0) is 4.79 Å². The molecule has 0 spiro atoms. The summed E-state index contributed by atoms with van der Waals surface area (Å²) in [6, 6.07) is 8.30. The van der Waals surface area contributed by atoms with Crippen LogP contribution in [0.25, 0.3) is 0 Å². The first-order valence-corrected chi connectivity index (χ1v) is 6.11. The van der Waals surface area contributed by atoms with Crippen LogP contribution in [0.15, 0.2) is 24.3 Å². The van der Waals surface area contributed by atoms with Gasteiger partial charge in [-0.3, -0.25) is 9.59 Å². The molecule has 0 atom stereocenters. The summed E-state index contributed by atoms with van der Waals surface area (Å²) in [6.07, 6.45) is 2.09. The lowest BCUT2D eigenvalue weighted by molar-refractivity contribution is -0.137. The number of rotatable bonds is 5. The normalized spacial score (nSPS) is 13.6. The van der Waals surface area contributed by atoms with Crippen LogP contribution in [0.4, 0.5) is 0 Å². The lowest BCUT2D eigenvalue weighted by atomic mass is 10.1. The molecule has 1 saturated carbocycles. The highest BCUT2D eigenvalue weighted by molar-refractivity contribution is 5.96. The molecule has 1 amide bonds. The first-order valence-electron chi connectivity index (χ1n) is 6.11. The highest BCUT2D eigenvalue weighted by atomic mass is 16.4. The average Bonchev–Trinajstić information content (AvgIpc) is 3.20. The fourth-order valence-corrected chi connectivity index (χ4v) is 1.90. The maximum absolute atomic E-state index is 12.3. The third-order valence-corrected chi connectivity index (χ3v) is 3.03. The highest BCUT2D eigenvalue weighted by Crippen LogP contribution is 2.30. The van der Waals surface area contributed by atoms with Crippen molar-refractivity contribution < 1.29 is 14.7 Å². The summed E-state index contributed by atoms with van der Waals surface area (Å²) >= 11 is 0. The Bertz CT molecular complexity index is 544. The number of hydrogen-bond donors (Lipinski definition) is 1. The van der Waals surface area contributed by atoms with Crippen molar-refractivity contribution in [2.45, 2.75) is 12.8 Å². The number of carbonyl (C=O) groups is 2. The first kappa shape index (κ1) is 13.1. The van der Waals surface area contributed by atoms with Gasteiger partial charge in [-0.15, -0.1) is 0 Å². The number of aliphatic carboxylic acids is 1. The zero-order chi connectivity index (χ0) is 13.8. The van der Waals surface area contributed by atoms with E-state index >= 15 is 0 Å². The van der Waals surface area contributed by atoms with Crippen molar-refractivity contribution in [1.82, 2.24) is 4.90 Å². The number of benzene rings is 1. The summed E-state index contributed by atoms with van der Waals surface area (Å²) < 4.78 is 0. The van der Waals surface area contributed by atoms with Gasteiger partial charge >= 0.3 is 5.97 Å². The Balaban J connectivity index is 2.16. The predicted molar refractivity (Wildman–Crippen MR) is 67.4 cm³/mol. The molecule has 0 bridgehead atoms. The Kier molecular flexibility index (Phi) is 3.81. The van der Waals surface area contributed by atoms with E-state index in [-0.39, 0.29) is 12.5 Å². The number of hydrogen-bond acceptors (Lipinski definition) is 3. The number of nitriles is 1. The van der Waals surface area contributed by atoms with Gasteiger partial charge in [0, 0.05) is 12.1 Å². The highest BCUT2D eigenvalue weighted by Gasteiger charge is 2.28. The second-order valence-electron chi connectivity index (χ2n) is 4.72. The van der Waals surface area contributed by atoms with Gasteiger partial charge in [-0.2, -0.15) is 5.26 Å². The minimum absolute atomic E-state index is 0.299. The minimum Gasteiger partial charge on any atom is -0.480 e. The standard InChI is InChI=1S/C14H14N2O3/c15-7-11-2-1-3-12(6-11)14(19)16(9-13(17)18)8-10-4-5-10/h1-3,6,10H,4-5,8-9H2,(H,17,18). The molecule has 1 aromatic rings. The molecule has 0 saturated heterocycles. The monoisotopic (exact) mass is 258 g/mol. The van der Waals surface area contributed by atoms with Crippen molar-refractivity contribution in [3.8, 4) is 6.07 Å². The van der Waals surface area contributed by atoms with Crippen molar-refractivity contribution in [2.75, 3.05) is 13.1 Å². The summed E-state index contributed by atoms with van der Waals surface area (Å²) in [5, 5.41) is 17.7. The summed E-state index contributed by atoms with van der Waals surface area (Å²) in [7, 11) is 0. The molecular formula is C14H14N2O3. The van der Waals surface area contributed by atoms with Gasteiger partial charge in [0.25, 0.3) is 5.91 Å². The molecule has 0 aromatic heterocycles. The van der Waals surface area contributed by atoms with Gasteiger partial charge in [0.15, 0.2) is 0 Å². The van der Waals surface area contributed by atoms with E-state index in [2.05, 4.69) is 0 Å². The van der Waals surface area contributed by atoms with Crippen LogP contribution >= 0.6 is 0 Å². The average molecular weight is 258 g/mol. The predicted octanol–water partition coefficient (Wildman–Crippen LogP) is 1.50.